The van der Waals surface area contributed by atoms with Crippen LogP contribution < -0.4 is 0 Å². The molecule has 0 saturated heterocycles. The van der Waals surface area contributed by atoms with Crippen molar-refractivity contribution in [3.05, 3.63) is 95.1 Å². The Morgan fingerprint density at radius 1 is 0.577 bits per heavy atom. The zero-order valence-corrected chi connectivity index (χ0v) is 15.0. The maximum atomic E-state index is 9.91. The van der Waals surface area contributed by atoms with Crippen molar-refractivity contribution in [1.82, 2.24) is 0 Å². The van der Waals surface area contributed by atoms with Crippen LogP contribution in [0.2, 0.25) is 0 Å². The number of rotatable bonds is 4. The standard InChI is InChI=1S/C24H22O2/c1-17(15-21-7-3-5-9-23(21)25)19-11-13-20(14-12-19)18(2)16-22-8-4-6-10-24(22)26/h3-16,25-26H,1-2H3. The van der Waals surface area contributed by atoms with Crippen molar-refractivity contribution < 1.29 is 10.2 Å². The fourth-order valence-electron chi connectivity index (χ4n) is 2.85. The molecule has 2 nitrogen and oxygen atoms in total. The number of hydrogen-bond donors (Lipinski definition) is 2. The smallest absolute Gasteiger partial charge is 0.122 e. The molecular weight excluding hydrogens is 320 g/mol. The lowest BCUT2D eigenvalue weighted by Crippen LogP contribution is -1.85. The van der Waals surface area contributed by atoms with Crippen molar-refractivity contribution in [2.24, 2.45) is 0 Å². The van der Waals surface area contributed by atoms with Crippen molar-refractivity contribution in [3.63, 3.8) is 0 Å². The van der Waals surface area contributed by atoms with Gasteiger partial charge in [0.25, 0.3) is 0 Å². The van der Waals surface area contributed by atoms with Crippen LogP contribution in [0.1, 0.15) is 36.1 Å². The molecule has 0 bridgehead atoms. The van der Waals surface area contributed by atoms with Gasteiger partial charge < -0.3 is 10.2 Å². The quantitative estimate of drug-likeness (QED) is 0.553. The van der Waals surface area contributed by atoms with Crippen LogP contribution in [-0.2, 0) is 0 Å². The third-order valence-electron chi connectivity index (χ3n) is 4.41. The molecule has 0 spiro atoms. The molecule has 0 aliphatic carbocycles. The molecule has 0 heterocycles. The van der Waals surface area contributed by atoms with Crippen LogP contribution in [0.15, 0.2) is 72.8 Å². The largest absolute Gasteiger partial charge is 0.507 e. The third-order valence-corrected chi connectivity index (χ3v) is 4.41. The molecule has 0 saturated carbocycles. The second-order valence-electron chi connectivity index (χ2n) is 6.35. The van der Waals surface area contributed by atoms with Crippen molar-refractivity contribution in [1.29, 1.82) is 0 Å². The molecule has 3 aromatic carbocycles. The van der Waals surface area contributed by atoms with E-state index < -0.39 is 0 Å². The Hall–Kier alpha value is -3.26. The summed E-state index contributed by atoms with van der Waals surface area (Å²) in [5.41, 5.74) is 6.00. The van der Waals surface area contributed by atoms with Crippen LogP contribution in [0.3, 0.4) is 0 Å². The maximum absolute atomic E-state index is 9.91. The number of aromatic hydroxyl groups is 2. The summed E-state index contributed by atoms with van der Waals surface area (Å²) in [6.45, 7) is 4.07. The van der Waals surface area contributed by atoms with Crippen molar-refractivity contribution in [3.8, 4) is 11.5 Å². The molecule has 0 aliphatic heterocycles. The van der Waals surface area contributed by atoms with Crippen LogP contribution in [0.5, 0.6) is 11.5 Å². The lowest BCUT2D eigenvalue weighted by atomic mass is 9.99. The first kappa shape index (κ1) is 17.6. The van der Waals surface area contributed by atoms with E-state index in [0.717, 1.165) is 33.4 Å². The highest BCUT2D eigenvalue weighted by molar-refractivity contribution is 5.84. The van der Waals surface area contributed by atoms with Crippen LogP contribution >= 0.6 is 0 Å². The average molecular weight is 342 g/mol. The first-order chi connectivity index (χ1) is 12.5. The van der Waals surface area contributed by atoms with Crippen LogP contribution in [0.25, 0.3) is 23.3 Å². The molecule has 0 aliphatic rings. The van der Waals surface area contributed by atoms with Crippen LogP contribution in [0, 0.1) is 0 Å². The predicted molar refractivity (Wildman–Crippen MR) is 110 cm³/mol. The predicted octanol–water partition coefficient (Wildman–Crippen LogP) is 6.22. The molecule has 0 atom stereocenters. The van der Waals surface area contributed by atoms with Gasteiger partial charge in [-0.05, 0) is 60.4 Å². The van der Waals surface area contributed by atoms with Crippen molar-refractivity contribution in [2.45, 2.75) is 13.8 Å². The van der Waals surface area contributed by atoms with E-state index in [0.29, 0.717) is 0 Å². The molecule has 0 aromatic heterocycles. The number of allylic oxidation sites excluding steroid dienone is 2. The molecule has 2 N–H and O–H groups in total. The Kier molecular flexibility index (Phi) is 5.23. The summed E-state index contributed by atoms with van der Waals surface area (Å²) in [4.78, 5) is 0. The summed E-state index contributed by atoms with van der Waals surface area (Å²) in [6, 6.07) is 22.9. The minimum atomic E-state index is 0.282. The Morgan fingerprint density at radius 3 is 1.27 bits per heavy atom. The Bertz CT molecular complexity index is 883. The Morgan fingerprint density at radius 2 is 0.923 bits per heavy atom. The number of phenols is 2. The molecule has 2 heteroatoms. The molecular formula is C24H22O2. The molecule has 0 fully saturated rings. The minimum Gasteiger partial charge on any atom is -0.507 e. The topological polar surface area (TPSA) is 40.5 Å². The van der Waals surface area contributed by atoms with Crippen molar-refractivity contribution >= 4 is 23.3 Å². The van der Waals surface area contributed by atoms with Gasteiger partial charge in [-0.25, -0.2) is 0 Å². The Labute approximate surface area is 154 Å². The number of phenolic OH excluding ortho intramolecular Hbond substituents is 2. The van der Waals surface area contributed by atoms with E-state index in [9.17, 15) is 10.2 Å². The fraction of sp³-hybridized carbons (Fsp3) is 0.0833. The average Bonchev–Trinajstić information content (AvgIpc) is 2.65. The van der Waals surface area contributed by atoms with Gasteiger partial charge in [0.2, 0.25) is 0 Å². The Balaban J connectivity index is 1.84. The van der Waals surface area contributed by atoms with Crippen LogP contribution in [-0.4, -0.2) is 10.2 Å². The zero-order valence-electron chi connectivity index (χ0n) is 15.0. The van der Waals surface area contributed by atoms with E-state index in [2.05, 4.69) is 24.3 Å². The molecule has 130 valence electrons. The minimum absolute atomic E-state index is 0.282. The van der Waals surface area contributed by atoms with Gasteiger partial charge in [0.1, 0.15) is 11.5 Å². The lowest BCUT2D eigenvalue weighted by molar-refractivity contribution is 0.473. The molecule has 0 unspecified atom stereocenters. The second kappa shape index (κ2) is 7.75. The van der Waals surface area contributed by atoms with Gasteiger partial charge in [-0.3, -0.25) is 0 Å². The normalized spacial score (nSPS) is 12.2. The summed E-state index contributed by atoms with van der Waals surface area (Å²) in [6.07, 6.45) is 3.96. The van der Waals surface area contributed by atoms with Gasteiger partial charge >= 0.3 is 0 Å². The number of hydrogen-bond acceptors (Lipinski definition) is 2. The summed E-state index contributed by atoms with van der Waals surface area (Å²) in [5.74, 6) is 0.565. The van der Waals surface area contributed by atoms with E-state index >= 15 is 0 Å². The molecule has 3 aromatic rings. The molecule has 0 amide bonds. The highest BCUT2D eigenvalue weighted by atomic mass is 16.3. The van der Waals surface area contributed by atoms with E-state index in [1.807, 2.05) is 62.4 Å². The van der Waals surface area contributed by atoms with Gasteiger partial charge in [0.05, 0.1) is 0 Å². The van der Waals surface area contributed by atoms with Crippen LogP contribution in [0.4, 0.5) is 0 Å². The first-order valence-electron chi connectivity index (χ1n) is 8.58. The van der Waals surface area contributed by atoms with Crippen molar-refractivity contribution in [2.75, 3.05) is 0 Å². The summed E-state index contributed by atoms with van der Waals surface area (Å²) < 4.78 is 0. The lowest BCUT2D eigenvalue weighted by Gasteiger charge is -2.07. The molecule has 26 heavy (non-hydrogen) atoms. The summed E-state index contributed by atoms with van der Waals surface area (Å²) >= 11 is 0. The summed E-state index contributed by atoms with van der Waals surface area (Å²) in [7, 11) is 0. The highest BCUT2D eigenvalue weighted by Crippen LogP contribution is 2.26. The van der Waals surface area contributed by atoms with Gasteiger partial charge in [0.15, 0.2) is 0 Å². The summed E-state index contributed by atoms with van der Waals surface area (Å²) in [5, 5.41) is 19.8. The van der Waals surface area contributed by atoms with Gasteiger partial charge in [0, 0.05) is 11.1 Å². The zero-order chi connectivity index (χ0) is 18.5. The number of para-hydroxylation sites is 2. The maximum Gasteiger partial charge on any atom is 0.122 e. The highest BCUT2D eigenvalue weighted by Gasteiger charge is 2.03. The van der Waals surface area contributed by atoms with E-state index in [4.69, 9.17) is 0 Å². The van der Waals surface area contributed by atoms with Gasteiger partial charge in [-0.2, -0.15) is 0 Å². The van der Waals surface area contributed by atoms with E-state index in [-0.39, 0.29) is 11.5 Å². The molecule has 0 radical (unpaired) electrons. The SMILES string of the molecule is CC(=Cc1ccccc1O)c1ccc(C(C)=Cc2ccccc2O)cc1. The van der Waals surface area contributed by atoms with E-state index in [1.165, 1.54) is 0 Å². The first-order valence-corrected chi connectivity index (χ1v) is 8.58. The molecule has 3 rings (SSSR count). The fourth-order valence-corrected chi connectivity index (χ4v) is 2.85. The third kappa shape index (κ3) is 4.04. The van der Waals surface area contributed by atoms with Gasteiger partial charge in [-0.15, -0.1) is 0 Å². The number of benzene rings is 3. The second-order valence-corrected chi connectivity index (χ2v) is 6.35. The van der Waals surface area contributed by atoms with E-state index in [1.54, 1.807) is 12.1 Å². The monoisotopic (exact) mass is 342 g/mol. The van der Waals surface area contributed by atoms with Gasteiger partial charge in [-0.1, -0.05) is 60.7 Å².